The first-order valence-electron chi connectivity index (χ1n) is 6.88. The van der Waals surface area contributed by atoms with Crippen LogP contribution in [-0.2, 0) is 16.0 Å². The van der Waals surface area contributed by atoms with Gasteiger partial charge in [-0.1, -0.05) is 38.7 Å². The van der Waals surface area contributed by atoms with E-state index in [2.05, 4.69) is 11.9 Å². The first-order chi connectivity index (χ1) is 8.83. The number of carbonyl (C=O) groups excluding carboxylic acids is 1. The summed E-state index contributed by atoms with van der Waals surface area (Å²) in [4.78, 5) is 15.6. The molecule has 1 rings (SSSR count). The van der Waals surface area contributed by atoms with E-state index in [1.54, 1.807) is 6.20 Å². The van der Waals surface area contributed by atoms with E-state index < -0.39 is 0 Å². The van der Waals surface area contributed by atoms with Crippen LogP contribution < -0.4 is 0 Å². The van der Waals surface area contributed by atoms with E-state index in [4.69, 9.17) is 4.74 Å². The standard InChI is InChI=1S/C15H23NO2/c1-2-3-4-5-6-10-15(17)18-13-11-14-9-7-8-12-16-14/h7-9,12H,2-6,10-11,13H2,1H3. The molecule has 0 atom stereocenters. The zero-order valence-electron chi connectivity index (χ0n) is 11.2. The summed E-state index contributed by atoms with van der Waals surface area (Å²) in [6.07, 6.45) is 8.78. The van der Waals surface area contributed by atoms with Crippen LogP contribution in [0.2, 0.25) is 0 Å². The Balaban J connectivity index is 2.00. The van der Waals surface area contributed by atoms with Crippen molar-refractivity contribution in [2.45, 2.75) is 51.9 Å². The predicted molar refractivity (Wildman–Crippen MR) is 72.3 cm³/mol. The molecule has 0 aliphatic rings. The number of hydrogen-bond acceptors (Lipinski definition) is 3. The lowest BCUT2D eigenvalue weighted by Crippen LogP contribution is -2.08. The molecule has 1 aromatic rings. The van der Waals surface area contributed by atoms with Gasteiger partial charge in [-0.15, -0.1) is 0 Å². The van der Waals surface area contributed by atoms with Gasteiger partial charge in [-0.05, 0) is 18.6 Å². The van der Waals surface area contributed by atoms with Crippen molar-refractivity contribution in [1.82, 2.24) is 4.98 Å². The second-order valence-corrected chi connectivity index (χ2v) is 4.46. The van der Waals surface area contributed by atoms with Crippen molar-refractivity contribution >= 4 is 5.97 Å². The van der Waals surface area contributed by atoms with Crippen LogP contribution in [0, 0.1) is 0 Å². The van der Waals surface area contributed by atoms with Gasteiger partial charge in [0.1, 0.15) is 0 Å². The lowest BCUT2D eigenvalue weighted by molar-refractivity contribution is -0.143. The van der Waals surface area contributed by atoms with Crippen LogP contribution in [0.5, 0.6) is 0 Å². The average molecular weight is 249 g/mol. The molecule has 100 valence electrons. The number of aromatic nitrogens is 1. The minimum absolute atomic E-state index is 0.0811. The Hall–Kier alpha value is -1.38. The molecule has 0 unspecified atom stereocenters. The van der Waals surface area contributed by atoms with Crippen molar-refractivity contribution < 1.29 is 9.53 Å². The van der Waals surface area contributed by atoms with Gasteiger partial charge in [0.05, 0.1) is 6.61 Å². The van der Waals surface area contributed by atoms with Gasteiger partial charge in [-0.25, -0.2) is 0 Å². The third-order valence-corrected chi connectivity index (χ3v) is 2.83. The van der Waals surface area contributed by atoms with Crippen LogP contribution in [0.15, 0.2) is 24.4 Å². The molecule has 0 bridgehead atoms. The Morgan fingerprint density at radius 2 is 2.06 bits per heavy atom. The Labute approximate surface area is 110 Å². The first kappa shape index (κ1) is 14.7. The Morgan fingerprint density at radius 3 is 2.78 bits per heavy atom. The number of unbranched alkanes of at least 4 members (excludes halogenated alkanes) is 4. The molecule has 0 aromatic carbocycles. The van der Waals surface area contributed by atoms with Crippen molar-refractivity contribution in [1.29, 1.82) is 0 Å². The van der Waals surface area contributed by atoms with Crippen molar-refractivity contribution in [3.8, 4) is 0 Å². The maximum Gasteiger partial charge on any atom is 0.305 e. The van der Waals surface area contributed by atoms with E-state index in [9.17, 15) is 4.79 Å². The van der Waals surface area contributed by atoms with E-state index in [0.717, 1.165) is 18.5 Å². The molecule has 18 heavy (non-hydrogen) atoms. The first-order valence-corrected chi connectivity index (χ1v) is 6.88. The van der Waals surface area contributed by atoms with Gasteiger partial charge < -0.3 is 4.74 Å². The number of rotatable bonds is 9. The highest BCUT2D eigenvalue weighted by Crippen LogP contribution is 2.06. The smallest absolute Gasteiger partial charge is 0.305 e. The molecule has 0 saturated heterocycles. The second-order valence-electron chi connectivity index (χ2n) is 4.46. The average Bonchev–Trinajstić information content (AvgIpc) is 2.40. The number of pyridine rings is 1. The Bertz CT molecular complexity index is 325. The number of esters is 1. The molecule has 3 nitrogen and oxygen atoms in total. The van der Waals surface area contributed by atoms with Crippen molar-refractivity contribution in [3.05, 3.63) is 30.1 Å². The van der Waals surface area contributed by atoms with E-state index >= 15 is 0 Å². The van der Waals surface area contributed by atoms with Gasteiger partial charge in [0.15, 0.2) is 0 Å². The molecule has 0 radical (unpaired) electrons. The van der Waals surface area contributed by atoms with E-state index in [-0.39, 0.29) is 5.97 Å². The minimum Gasteiger partial charge on any atom is -0.465 e. The Kier molecular flexibility index (Phi) is 7.85. The maximum atomic E-state index is 11.4. The maximum absolute atomic E-state index is 11.4. The van der Waals surface area contributed by atoms with Crippen LogP contribution in [0.4, 0.5) is 0 Å². The topological polar surface area (TPSA) is 39.2 Å². The summed E-state index contributed by atoms with van der Waals surface area (Å²) in [6.45, 7) is 2.62. The molecule has 0 fully saturated rings. The van der Waals surface area contributed by atoms with Gasteiger partial charge in [-0.3, -0.25) is 9.78 Å². The number of ether oxygens (including phenoxy) is 1. The molecule has 0 saturated carbocycles. The molecule has 0 N–H and O–H groups in total. The summed E-state index contributed by atoms with van der Waals surface area (Å²) in [5, 5.41) is 0. The number of nitrogens with zero attached hydrogens (tertiary/aromatic N) is 1. The van der Waals surface area contributed by atoms with Gasteiger partial charge in [0, 0.05) is 24.7 Å². The van der Waals surface area contributed by atoms with Gasteiger partial charge >= 0.3 is 5.97 Å². The van der Waals surface area contributed by atoms with E-state index in [1.165, 1.54) is 19.3 Å². The minimum atomic E-state index is -0.0811. The van der Waals surface area contributed by atoms with Gasteiger partial charge in [0.25, 0.3) is 0 Å². The van der Waals surface area contributed by atoms with Crippen molar-refractivity contribution in [2.75, 3.05) is 6.61 Å². The van der Waals surface area contributed by atoms with Crippen LogP contribution in [-0.4, -0.2) is 17.6 Å². The quantitative estimate of drug-likeness (QED) is 0.496. The molecule has 0 aliphatic carbocycles. The van der Waals surface area contributed by atoms with Crippen LogP contribution in [0.3, 0.4) is 0 Å². The lowest BCUT2D eigenvalue weighted by Gasteiger charge is -2.04. The van der Waals surface area contributed by atoms with Gasteiger partial charge in [0.2, 0.25) is 0 Å². The van der Waals surface area contributed by atoms with Crippen LogP contribution in [0.1, 0.15) is 51.1 Å². The fraction of sp³-hybridized carbons (Fsp3) is 0.600. The zero-order chi connectivity index (χ0) is 13.1. The highest BCUT2D eigenvalue weighted by Gasteiger charge is 2.02. The summed E-state index contributed by atoms with van der Waals surface area (Å²) in [6, 6.07) is 5.77. The zero-order valence-corrected chi connectivity index (χ0v) is 11.2. The third-order valence-electron chi connectivity index (χ3n) is 2.83. The fourth-order valence-electron chi connectivity index (χ4n) is 1.76. The van der Waals surface area contributed by atoms with Crippen molar-refractivity contribution in [2.24, 2.45) is 0 Å². The highest BCUT2D eigenvalue weighted by atomic mass is 16.5. The predicted octanol–water partition coefficient (Wildman–Crippen LogP) is 3.53. The monoisotopic (exact) mass is 249 g/mol. The SMILES string of the molecule is CCCCCCCC(=O)OCCc1ccccn1. The third kappa shape index (κ3) is 7.05. The number of hydrogen-bond donors (Lipinski definition) is 0. The molecule has 0 amide bonds. The second kappa shape index (κ2) is 9.63. The molecule has 1 aromatic heterocycles. The summed E-state index contributed by atoms with van der Waals surface area (Å²) < 4.78 is 5.17. The van der Waals surface area contributed by atoms with Crippen LogP contribution >= 0.6 is 0 Å². The van der Waals surface area contributed by atoms with E-state index in [1.807, 2.05) is 18.2 Å². The van der Waals surface area contributed by atoms with E-state index in [0.29, 0.717) is 19.4 Å². The summed E-state index contributed by atoms with van der Waals surface area (Å²) in [7, 11) is 0. The summed E-state index contributed by atoms with van der Waals surface area (Å²) in [5.74, 6) is -0.0811. The lowest BCUT2D eigenvalue weighted by atomic mass is 10.1. The molecule has 3 heteroatoms. The van der Waals surface area contributed by atoms with Crippen LogP contribution in [0.25, 0.3) is 0 Å². The number of carbonyl (C=O) groups is 1. The fourth-order valence-corrected chi connectivity index (χ4v) is 1.76. The molecular weight excluding hydrogens is 226 g/mol. The highest BCUT2D eigenvalue weighted by molar-refractivity contribution is 5.69. The molecular formula is C15H23NO2. The molecule has 0 aliphatic heterocycles. The largest absolute Gasteiger partial charge is 0.465 e. The molecule has 1 heterocycles. The summed E-state index contributed by atoms with van der Waals surface area (Å²) in [5.41, 5.74) is 0.966. The Morgan fingerprint density at radius 1 is 1.22 bits per heavy atom. The van der Waals surface area contributed by atoms with Crippen molar-refractivity contribution in [3.63, 3.8) is 0 Å². The van der Waals surface area contributed by atoms with Gasteiger partial charge in [-0.2, -0.15) is 0 Å². The molecule has 0 spiro atoms. The normalized spacial score (nSPS) is 10.3. The summed E-state index contributed by atoms with van der Waals surface area (Å²) >= 11 is 0.